The second-order valence-corrected chi connectivity index (χ2v) is 10.2. The Labute approximate surface area is 179 Å². The van der Waals surface area contributed by atoms with Crippen molar-refractivity contribution in [1.82, 2.24) is 24.7 Å². The van der Waals surface area contributed by atoms with Crippen LogP contribution in [-0.2, 0) is 9.84 Å². The van der Waals surface area contributed by atoms with Gasteiger partial charge in [-0.1, -0.05) is 35.5 Å². The first-order valence-electron chi connectivity index (χ1n) is 10.5. The van der Waals surface area contributed by atoms with Crippen LogP contribution < -0.4 is 5.32 Å². The van der Waals surface area contributed by atoms with E-state index in [1.54, 1.807) is 30.3 Å². The largest absolute Gasteiger partial charge is 0.365 e. The lowest BCUT2D eigenvalue weighted by atomic mass is 9.84. The molecule has 4 aromatic rings. The number of hydrogen-bond donors (Lipinski definition) is 1. The first kappa shape index (κ1) is 18.7. The van der Waals surface area contributed by atoms with Gasteiger partial charge in [0.1, 0.15) is 5.82 Å². The lowest BCUT2D eigenvalue weighted by Gasteiger charge is -2.45. The lowest BCUT2D eigenvalue weighted by Crippen LogP contribution is -2.53. The van der Waals surface area contributed by atoms with E-state index in [-0.39, 0.29) is 15.6 Å². The average Bonchev–Trinajstić information content (AvgIpc) is 3.26. The number of nitrogens with one attached hydrogen (secondary N) is 1. The van der Waals surface area contributed by atoms with E-state index >= 15 is 0 Å². The van der Waals surface area contributed by atoms with Gasteiger partial charge in [0.25, 0.3) is 0 Å². The minimum atomic E-state index is -3.84. The van der Waals surface area contributed by atoms with Gasteiger partial charge in [0.2, 0.25) is 14.9 Å². The second-order valence-electron chi connectivity index (χ2n) is 8.31. The van der Waals surface area contributed by atoms with Gasteiger partial charge in [0.05, 0.1) is 10.4 Å². The number of sulfone groups is 1. The summed E-state index contributed by atoms with van der Waals surface area (Å²) in [6.07, 6.45) is 2.36. The van der Waals surface area contributed by atoms with Gasteiger partial charge in [0, 0.05) is 18.0 Å². The summed E-state index contributed by atoms with van der Waals surface area (Å²) in [4.78, 5) is 7.42. The van der Waals surface area contributed by atoms with E-state index in [2.05, 4.69) is 20.5 Å². The van der Waals surface area contributed by atoms with Crippen LogP contribution in [0.1, 0.15) is 12.8 Å². The molecule has 0 aliphatic carbocycles. The van der Waals surface area contributed by atoms with Gasteiger partial charge in [-0.25, -0.2) is 13.4 Å². The minimum Gasteiger partial charge on any atom is -0.365 e. The number of benzene rings is 2. The van der Waals surface area contributed by atoms with E-state index in [0.717, 1.165) is 30.5 Å². The lowest BCUT2D eigenvalue weighted by molar-refractivity contribution is 0.0974. The Morgan fingerprint density at radius 3 is 2.45 bits per heavy atom. The Kier molecular flexibility index (Phi) is 4.22. The minimum absolute atomic E-state index is 0.124. The van der Waals surface area contributed by atoms with Gasteiger partial charge in [-0.05, 0) is 56.1 Å². The molecule has 7 rings (SSSR count). The van der Waals surface area contributed by atoms with Crippen LogP contribution in [0.15, 0.2) is 64.5 Å². The van der Waals surface area contributed by atoms with E-state index in [0.29, 0.717) is 17.8 Å². The molecular weight excluding hydrogens is 412 g/mol. The first-order valence-corrected chi connectivity index (χ1v) is 12.0. The highest BCUT2D eigenvalue weighted by Gasteiger charge is 2.35. The van der Waals surface area contributed by atoms with E-state index in [4.69, 9.17) is 4.98 Å². The molecule has 3 aliphatic rings. The van der Waals surface area contributed by atoms with Gasteiger partial charge in [-0.2, -0.15) is 4.52 Å². The third kappa shape index (κ3) is 2.99. The zero-order valence-corrected chi connectivity index (χ0v) is 17.7. The summed E-state index contributed by atoms with van der Waals surface area (Å²) in [7, 11) is -3.84. The Hall–Kier alpha value is -3.04. The molecule has 0 amide bonds. The topological polar surface area (TPSA) is 92.5 Å². The zero-order chi connectivity index (χ0) is 21.0. The molecule has 2 bridgehead atoms. The van der Waals surface area contributed by atoms with E-state index < -0.39 is 9.84 Å². The zero-order valence-electron chi connectivity index (χ0n) is 16.8. The molecule has 1 unspecified atom stereocenters. The Morgan fingerprint density at radius 1 is 0.968 bits per heavy atom. The molecule has 3 fully saturated rings. The summed E-state index contributed by atoms with van der Waals surface area (Å²) in [5, 5.41) is 12.6. The van der Waals surface area contributed by atoms with Gasteiger partial charge in [-0.15, -0.1) is 5.10 Å². The van der Waals surface area contributed by atoms with Crippen molar-refractivity contribution in [2.24, 2.45) is 5.92 Å². The van der Waals surface area contributed by atoms with Crippen LogP contribution in [0.25, 0.3) is 16.6 Å². The Bertz CT molecular complexity index is 1380. The summed E-state index contributed by atoms with van der Waals surface area (Å²) >= 11 is 0. The predicted octanol–water partition coefficient (Wildman–Crippen LogP) is 2.62. The van der Waals surface area contributed by atoms with E-state index in [9.17, 15) is 8.42 Å². The maximum Gasteiger partial charge on any atom is 0.229 e. The second kappa shape index (κ2) is 7.00. The summed E-state index contributed by atoms with van der Waals surface area (Å²) in [6, 6.07) is 16.4. The van der Waals surface area contributed by atoms with Crippen LogP contribution in [0.3, 0.4) is 0 Å². The molecule has 5 heterocycles. The van der Waals surface area contributed by atoms with Gasteiger partial charge in [-0.3, -0.25) is 0 Å². The van der Waals surface area contributed by atoms with Crippen LogP contribution in [0, 0.1) is 5.92 Å². The number of aromatic nitrogens is 4. The summed E-state index contributed by atoms with van der Waals surface area (Å²) in [6.45, 7) is 3.29. The van der Waals surface area contributed by atoms with Gasteiger partial charge < -0.3 is 10.2 Å². The molecule has 2 aromatic carbocycles. The number of para-hydroxylation sites is 1. The van der Waals surface area contributed by atoms with Crippen LogP contribution in [0.2, 0.25) is 0 Å². The van der Waals surface area contributed by atoms with E-state index in [1.165, 1.54) is 17.4 Å². The Morgan fingerprint density at radius 2 is 1.71 bits per heavy atom. The number of hydrogen-bond acceptors (Lipinski definition) is 7. The van der Waals surface area contributed by atoms with Crippen LogP contribution in [0.4, 0.5) is 5.82 Å². The SMILES string of the molecule is O=S(=O)(c1ccccc1)c1nnn2c1nc(NC1CN3CCC1CC3)c1ccccc12. The quantitative estimate of drug-likeness (QED) is 0.528. The van der Waals surface area contributed by atoms with Crippen LogP contribution in [0.5, 0.6) is 0 Å². The van der Waals surface area contributed by atoms with Crippen molar-refractivity contribution in [2.45, 2.75) is 28.8 Å². The normalized spacial score (nSPS) is 23.4. The first-order chi connectivity index (χ1) is 15.1. The molecule has 2 aromatic heterocycles. The summed E-state index contributed by atoms with van der Waals surface area (Å²) in [5.74, 6) is 1.30. The maximum absolute atomic E-state index is 13.3. The number of anilines is 1. The van der Waals surface area contributed by atoms with Crippen molar-refractivity contribution in [1.29, 1.82) is 0 Å². The molecule has 31 heavy (non-hydrogen) atoms. The molecule has 0 radical (unpaired) electrons. The standard InChI is InChI=1S/C22H22N6O2S/c29-31(30,16-6-2-1-3-7-16)22-21-24-20(23-18-14-27-12-10-15(18)11-13-27)17-8-4-5-9-19(17)28(21)26-25-22/h1-9,15,18H,10-14H2,(H,23,24). The summed E-state index contributed by atoms with van der Waals surface area (Å²) in [5.41, 5.74) is 1.02. The van der Waals surface area contributed by atoms with Crippen LogP contribution in [-0.4, -0.2) is 58.8 Å². The van der Waals surface area contributed by atoms with Gasteiger partial charge in [0.15, 0.2) is 5.65 Å². The van der Waals surface area contributed by atoms with Gasteiger partial charge >= 0.3 is 0 Å². The monoisotopic (exact) mass is 434 g/mol. The fourth-order valence-corrected chi connectivity index (χ4v) is 6.10. The fraction of sp³-hybridized carbons (Fsp3) is 0.318. The third-order valence-corrected chi connectivity index (χ3v) is 8.17. The molecular formula is C22H22N6O2S. The molecule has 1 N–H and O–H groups in total. The molecule has 9 heteroatoms. The number of rotatable bonds is 4. The van der Waals surface area contributed by atoms with Crippen molar-refractivity contribution in [2.75, 3.05) is 25.0 Å². The van der Waals surface area contributed by atoms with E-state index in [1.807, 2.05) is 24.3 Å². The highest BCUT2D eigenvalue weighted by atomic mass is 32.2. The smallest absolute Gasteiger partial charge is 0.229 e. The molecule has 0 spiro atoms. The summed E-state index contributed by atoms with van der Waals surface area (Å²) < 4.78 is 28.1. The van der Waals surface area contributed by atoms with Crippen LogP contribution >= 0.6 is 0 Å². The van der Waals surface area contributed by atoms with Crippen molar-refractivity contribution in [3.8, 4) is 0 Å². The molecule has 1 atom stereocenters. The molecule has 3 saturated heterocycles. The number of fused-ring (bicyclic) bond motifs is 6. The average molecular weight is 435 g/mol. The molecule has 158 valence electrons. The van der Waals surface area contributed by atoms with Crippen molar-refractivity contribution >= 4 is 32.2 Å². The maximum atomic E-state index is 13.3. The fourth-order valence-electron chi connectivity index (χ4n) is 4.84. The third-order valence-electron chi connectivity index (χ3n) is 6.51. The molecule has 0 saturated carbocycles. The van der Waals surface area contributed by atoms with Crippen molar-refractivity contribution in [3.63, 3.8) is 0 Å². The van der Waals surface area contributed by atoms with Crippen molar-refractivity contribution in [3.05, 3.63) is 54.6 Å². The highest BCUT2D eigenvalue weighted by molar-refractivity contribution is 7.91. The Balaban J connectivity index is 1.51. The van der Waals surface area contributed by atoms with Crippen molar-refractivity contribution < 1.29 is 8.42 Å². The highest BCUT2D eigenvalue weighted by Crippen LogP contribution is 2.32. The molecule has 3 aliphatic heterocycles. The number of nitrogens with zero attached hydrogens (tertiary/aromatic N) is 5. The number of piperidine rings is 3. The predicted molar refractivity (Wildman–Crippen MR) is 117 cm³/mol. The molecule has 8 nitrogen and oxygen atoms in total.